The van der Waals surface area contributed by atoms with Crippen molar-refractivity contribution in [2.24, 2.45) is 4.99 Å². The first-order valence-corrected chi connectivity index (χ1v) is 22.7. The van der Waals surface area contributed by atoms with E-state index in [0.717, 1.165) is 51.7 Å². The van der Waals surface area contributed by atoms with Crippen molar-refractivity contribution in [3.8, 4) is 0 Å². The molecule has 0 amide bonds. The fourth-order valence-electron chi connectivity index (χ4n) is 7.32. The number of benzene rings is 6. The maximum absolute atomic E-state index is 5.01. The van der Waals surface area contributed by atoms with Crippen molar-refractivity contribution >= 4 is 67.2 Å². The van der Waals surface area contributed by atoms with Gasteiger partial charge >= 0.3 is 0 Å². The number of pyridine rings is 1. The van der Waals surface area contributed by atoms with Gasteiger partial charge in [-0.25, -0.2) is 24.9 Å². The number of allylic oxidation sites excluding steroid dienone is 1. The summed E-state index contributed by atoms with van der Waals surface area (Å²) in [5.41, 5.74) is 15.2. The van der Waals surface area contributed by atoms with Gasteiger partial charge < -0.3 is 8.82 Å². The number of oxazole rings is 1. The van der Waals surface area contributed by atoms with Crippen LogP contribution >= 0.6 is 11.3 Å². The number of aryl methyl sites for hydroxylation is 2. The van der Waals surface area contributed by atoms with E-state index in [4.69, 9.17) is 4.42 Å². The van der Waals surface area contributed by atoms with Gasteiger partial charge in [-0.2, -0.15) is 0 Å². The molecule has 1 aliphatic heterocycles. The van der Waals surface area contributed by atoms with E-state index in [1.54, 1.807) is 35.0 Å². The van der Waals surface area contributed by atoms with Crippen molar-refractivity contribution in [3.63, 3.8) is 0 Å². The minimum Gasteiger partial charge on any atom is -0.443 e. The van der Waals surface area contributed by atoms with Gasteiger partial charge in [0.05, 0.1) is 26.9 Å². The molecular weight excluding hydrogens is 819 g/mol. The molecule has 0 bridgehead atoms. The second-order valence-electron chi connectivity index (χ2n) is 15.0. The van der Waals surface area contributed by atoms with Gasteiger partial charge in [-0.15, -0.1) is 11.3 Å². The third kappa shape index (κ3) is 12.8. The minimum absolute atomic E-state index is 0.845. The molecule has 11 aromatic rings. The molecule has 320 valence electrons. The Morgan fingerprint density at radius 3 is 2.00 bits per heavy atom. The Balaban J connectivity index is 0.000000103. The van der Waals surface area contributed by atoms with E-state index in [0.29, 0.717) is 0 Å². The van der Waals surface area contributed by atoms with Crippen molar-refractivity contribution in [3.05, 3.63) is 241 Å². The lowest BCUT2D eigenvalue weighted by Gasteiger charge is -2.13. The molecule has 14 rings (SSSR count). The molecule has 8 nitrogen and oxygen atoms in total. The molecule has 3 aliphatic rings. The molecular formula is C56H49N7OS. The maximum Gasteiger partial charge on any atom is 0.181 e. The summed E-state index contributed by atoms with van der Waals surface area (Å²) in [6, 6.07) is 55.1. The second-order valence-corrected chi connectivity index (χ2v) is 15.9. The van der Waals surface area contributed by atoms with Gasteiger partial charge in [-0.05, 0) is 108 Å². The van der Waals surface area contributed by atoms with Crippen LogP contribution in [0, 0.1) is 0 Å². The summed E-state index contributed by atoms with van der Waals surface area (Å²) in [5.74, 6) is 0. The second kappa shape index (κ2) is 23.5. The van der Waals surface area contributed by atoms with Crippen LogP contribution in [0.5, 0.6) is 0 Å². The molecule has 0 fully saturated rings. The van der Waals surface area contributed by atoms with Crippen molar-refractivity contribution in [2.75, 3.05) is 0 Å². The number of thiazole rings is 1. The SMILES string of the molecule is C1=Cc2ccccc2C1.C1=Nc2ccccc2C1.c1ccc2c(c1)CCCC2.c1ccc2ncncc2c1.c1ccc2ocnc2c1.c1ccc2scnc2c1.c1ccn2ccnc2c1. The maximum atomic E-state index is 5.01. The van der Waals surface area contributed by atoms with Gasteiger partial charge in [0, 0.05) is 42.8 Å². The highest BCUT2D eigenvalue weighted by molar-refractivity contribution is 7.16. The van der Waals surface area contributed by atoms with E-state index in [9.17, 15) is 0 Å². The number of aliphatic imine (C=N–C) groups is 1. The van der Waals surface area contributed by atoms with Gasteiger partial charge in [0.25, 0.3) is 0 Å². The van der Waals surface area contributed by atoms with Crippen LogP contribution in [-0.4, -0.2) is 35.5 Å². The molecule has 2 aliphatic carbocycles. The molecule has 0 saturated heterocycles. The van der Waals surface area contributed by atoms with Crippen LogP contribution < -0.4 is 0 Å². The smallest absolute Gasteiger partial charge is 0.181 e. The van der Waals surface area contributed by atoms with Crippen LogP contribution in [-0.2, 0) is 25.7 Å². The zero-order chi connectivity index (χ0) is 44.1. The molecule has 0 atom stereocenters. The molecule has 6 aromatic carbocycles. The van der Waals surface area contributed by atoms with Crippen LogP contribution in [0.2, 0.25) is 0 Å². The highest BCUT2D eigenvalue weighted by Gasteiger charge is 2.06. The molecule has 0 spiro atoms. The Morgan fingerprint density at radius 2 is 1.23 bits per heavy atom. The van der Waals surface area contributed by atoms with Crippen LogP contribution in [0.4, 0.5) is 5.69 Å². The molecule has 0 N–H and O–H groups in total. The van der Waals surface area contributed by atoms with E-state index in [-0.39, 0.29) is 0 Å². The number of imidazole rings is 1. The highest BCUT2D eigenvalue weighted by atomic mass is 32.1. The van der Waals surface area contributed by atoms with Crippen molar-refractivity contribution in [2.45, 2.75) is 38.5 Å². The van der Waals surface area contributed by atoms with Gasteiger partial charge in [-0.3, -0.25) is 4.99 Å². The Kier molecular flexibility index (Phi) is 15.8. The van der Waals surface area contributed by atoms with Crippen molar-refractivity contribution in [1.29, 1.82) is 0 Å². The number of aromatic nitrogens is 6. The minimum atomic E-state index is 0.845. The van der Waals surface area contributed by atoms with E-state index >= 15 is 0 Å². The lowest BCUT2D eigenvalue weighted by molar-refractivity contribution is 0.602. The lowest BCUT2D eigenvalue weighted by atomic mass is 9.92. The fraction of sp³-hybridized carbons (Fsp3) is 0.107. The third-order valence-electron chi connectivity index (χ3n) is 10.7. The summed E-state index contributed by atoms with van der Waals surface area (Å²) >= 11 is 1.68. The van der Waals surface area contributed by atoms with E-state index in [2.05, 4.69) is 103 Å². The quantitative estimate of drug-likeness (QED) is 0.151. The predicted molar refractivity (Wildman–Crippen MR) is 269 cm³/mol. The average Bonchev–Trinajstić information content (AvgIpc) is 4.26. The Hall–Kier alpha value is -7.88. The first-order valence-electron chi connectivity index (χ1n) is 21.8. The summed E-state index contributed by atoms with van der Waals surface area (Å²) in [6.45, 7) is 0. The molecule has 9 heteroatoms. The summed E-state index contributed by atoms with van der Waals surface area (Å²) in [5, 5.41) is 1.09. The number of rotatable bonds is 0. The number of hydrogen-bond donors (Lipinski definition) is 0. The number of nitrogens with zero attached hydrogens (tertiary/aromatic N) is 7. The fourth-order valence-corrected chi connectivity index (χ4v) is 8.00. The zero-order valence-electron chi connectivity index (χ0n) is 36.1. The van der Waals surface area contributed by atoms with E-state index in [1.807, 2.05) is 138 Å². The molecule has 0 unspecified atom stereocenters. The van der Waals surface area contributed by atoms with Gasteiger partial charge in [0.15, 0.2) is 12.0 Å². The standard InChI is InChI=1S/C10H12.C9H8.C8H6N2.C8H7N.C7H6N2.C7H5NO.C7H5NS/c1-2-6-10-8-4-3-7-9(10)5-1;1-2-5-9-7-3-6-8(9)4-1;1-2-4-8-7(3-1)5-9-6-10-8;1-2-4-8-7(3-1)5-6-9-8;1-2-5-9-6-4-8-7(9)3-1;2*1-2-4-7-6(3-1)8-5-9-7/h1-2,5-6H,3-4,7-8H2;1-6H,7H2;1-6H;1-4,6H,5H2;1-6H;2*1-5H. The normalized spacial score (nSPS) is 12.1. The van der Waals surface area contributed by atoms with Gasteiger partial charge in [-0.1, -0.05) is 127 Å². The van der Waals surface area contributed by atoms with Crippen molar-refractivity contribution < 1.29 is 4.42 Å². The number of fused-ring (bicyclic) bond motifs is 7. The van der Waals surface area contributed by atoms with Gasteiger partial charge in [0.1, 0.15) is 17.5 Å². The predicted octanol–water partition coefficient (Wildman–Crippen LogP) is 13.9. The topological polar surface area (TPSA) is 94.4 Å². The largest absolute Gasteiger partial charge is 0.443 e. The summed E-state index contributed by atoms with van der Waals surface area (Å²) in [6.07, 6.45) is 24.3. The zero-order valence-corrected chi connectivity index (χ0v) is 36.9. The Labute approximate surface area is 383 Å². The first-order chi connectivity index (χ1) is 32.3. The van der Waals surface area contributed by atoms with Crippen LogP contribution in [0.25, 0.3) is 43.9 Å². The van der Waals surface area contributed by atoms with E-state index in [1.165, 1.54) is 53.5 Å². The summed E-state index contributed by atoms with van der Waals surface area (Å²) in [7, 11) is 0. The number of para-hydroxylation sites is 5. The molecule has 0 saturated carbocycles. The summed E-state index contributed by atoms with van der Waals surface area (Å²) < 4.78 is 8.24. The Morgan fingerprint density at radius 1 is 0.538 bits per heavy atom. The summed E-state index contributed by atoms with van der Waals surface area (Å²) in [4.78, 5) is 24.3. The van der Waals surface area contributed by atoms with Crippen LogP contribution in [0.15, 0.2) is 222 Å². The average molecular weight is 868 g/mol. The lowest BCUT2D eigenvalue weighted by Crippen LogP contribution is -2.00. The molecule has 5 aromatic heterocycles. The Bertz CT molecular complexity index is 2830. The highest BCUT2D eigenvalue weighted by Crippen LogP contribution is 2.23. The van der Waals surface area contributed by atoms with Crippen LogP contribution in [0.3, 0.4) is 0 Å². The first kappa shape index (κ1) is 43.8. The monoisotopic (exact) mass is 867 g/mol. The van der Waals surface area contributed by atoms with Gasteiger partial charge in [0.2, 0.25) is 0 Å². The number of hydrogen-bond acceptors (Lipinski definition) is 8. The molecule has 65 heavy (non-hydrogen) atoms. The molecule has 0 radical (unpaired) electrons. The van der Waals surface area contributed by atoms with E-state index < -0.39 is 0 Å². The van der Waals surface area contributed by atoms with Crippen LogP contribution in [0.1, 0.15) is 40.7 Å². The third-order valence-corrected chi connectivity index (χ3v) is 11.5. The van der Waals surface area contributed by atoms with Crippen molar-refractivity contribution in [1.82, 2.24) is 29.3 Å². The molecule has 6 heterocycles.